The lowest BCUT2D eigenvalue weighted by Crippen LogP contribution is -2.14. The number of carbonyl (C=O) groups is 2. The zero-order valence-corrected chi connectivity index (χ0v) is 14.8. The Morgan fingerprint density at radius 3 is 2.81 bits per heavy atom. The van der Waals surface area contributed by atoms with Gasteiger partial charge in [0.1, 0.15) is 12.1 Å². The summed E-state index contributed by atoms with van der Waals surface area (Å²) in [5.74, 6) is -2.44. The Balaban J connectivity index is 1.86. The van der Waals surface area contributed by atoms with Gasteiger partial charge in [-0.05, 0) is 23.9 Å². The van der Waals surface area contributed by atoms with Crippen molar-refractivity contribution in [2.45, 2.75) is 10.1 Å². The lowest BCUT2D eigenvalue weighted by Gasteiger charge is -2.09. The van der Waals surface area contributed by atoms with E-state index in [0.717, 1.165) is 29.2 Å². The van der Waals surface area contributed by atoms with Gasteiger partial charge in [0.15, 0.2) is 16.0 Å². The first-order chi connectivity index (χ1) is 12.3. The molecule has 0 spiro atoms. The minimum absolute atomic E-state index is 0.0307. The van der Waals surface area contributed by atoms with Crippen molar-refractivity contribution in [3.63, 3.8) is 0 Å². The summed E-state index contributed by atoms with van der Waals surface area (Å²) in [5, 5.41) is 20.7. The highest BCUT2D eigenvalue weighted by Crippen LogP contribution is 2.31. The molecule has 0 unspecified atom stereocenters. The van der Waals surface area contributed by atoms with Crippen molar-refractivity contribution in [1.82, 2.24) is 19.7 Å². The standard InChI is InChI=1S/C14H11FN6O3S2/c1-21-5-17-20-14(21)26-10-2-6(8(16)3-7(10)15)11(22)19-13-18-9(4-25-13)12(23)24/h2-5H,16H2,1H3,(H,23,24)(H,18,19,22). The van der Waals surface area contributed by atoms with Crippen LogP contribution in [-0.2, 0) is 7.05 Å². The highest BCUT2D eigenvalue weighted by atomic mass is 32.2. The Hall–Kier alpha value is -2.99. The molecule has 0 radical (unpaired) electrons. The first kappa shape index (κ1) is 17.8. The van der Waals surface area contributed by atoms with Crippen LogP contribution >= 0.6 is 23.1 Å². The number of thiazole rings is 1. The molecule has 0 atom stereocenters. The molecule has 1 aromatic carbocycles. The molecule has 0 aliphatic carbocycles. The zero-order valence-electron chi connectivity index (χ0n) is 13.1. The van der Waals surface area contributed by atoms with E-state index in [1.54, 1.807) is 11.6 Å². The topological polar surface area (TPSA) is 136 Å². The quantitative estimate of drug-likeness (QED) is 0.560. The number of hydrogen-bond acceptors (Lipinski definition) is 8. The first-order valence-electron chi connectivity index (χ1n) is 6.96. The van der Waals surface area contributed by atoms with E-state index < -0.39 is 17.7 Å². The number of hydrogen-bond donors (Lipinski definition) is 3. The number of nitrogen functional groups attached to an aromatic ring is 1. The molecule has 1 amide bonds. The van der Waals surface area contributed by atoms with Crippen molar-refractivity contribution < 1.29 is 19.1 Å². The van der Waals surface area contributed by atoms with Crippen LogP contribution in [-0.4, -0.2) is 36.7 Å². The van der Waals surface area contributed by atoms with Crippen LogP contribution in [0.15, 0.2) is 33.9 Å². The number of nitrogens with zero attached hydrogens (tertiary/aromatic N) is 4. The Kier molecular flexibility index (Phi) is 4.86. The summed E-state index contributed by atoms with van der Waals surface area (Å²) in [5.41, 5.74) is 5.54. The number of carbonyl (C=O) groups excluding carboxylic acids is 1. The van der Waals surface area contributed by atoms with Gasteiger partial charge < -0.3 is 15.4 Å². The van der Waals surface area contributed by atoms with Gasteiger partial charge in [-0.15, -0.1) is 21.5 Å². The molecule has 0 aliphatic rings. The summed E-state index contributed by atoms with van der Waals surface area (Å²) in [6, 6.07) is 2.34. The fraction of sp³-hybridized carbons (Fsp3) is 0.0714. The average molecular weight is 394 g/mol. The molecule has 3 aromatic rings. The molecule has 0 saturated heterocycles. The van der Waals surface area contributed by atoms with E-state index in [0.29, 0.717) is 5.16 Å². The summed E-state index contributed by atoms with van der Waals surface area (Å²) in [6.45, 7) is 0. The van der Waals surface area contributed by atoms with Crippen LogP contribution in [0.3, 0.4) is 0 Å². The van der Waals surface area contributed by atoms with Gasteiger partial charge in [0.05, 0.1) is 10.5 Å². The van der Waals surface area contributed by atoms with Crippen molar-refractivity contribution >= 4 is 45.8 Å². The molecule has 134 valence electrons. The number of halogens is 1. The third kappa shape index (κ3) is 3.65. The molecule has 2 heterocycles. The average Bonchev–Trinajstić information content (AvgIpc) is 3.19. The van der Waals surface area contributed by atoms with Crippen LogP contribution in [0.25, 0.3) is 0 Å². The maximum atomic E-state index is 14.2. The maximum absolute atomic E-state index is 14.2. The fourth-order valence-electron chi connectivity index (χ4n) is 1.90. The number of nitrogens with one attached hydrogen (secondary N) is 1. The number of amides is 1. The van der Waals surface area contributed by atoms with Gasteiger partial charge in [-0.2, -0.15) is 0 Å². The maximum Gasteiger partial charge on any atom is 0.355 e. The highest BCUT2D eigenvalue weighted by Gasteiger charge is 2.18. The minimum atomic E-state index is -1.20. The van der Waals surface area contributed by atoms with Crippen LogP contribution in [0.5, 0.6) is 0 Å². The van der Waals surface area contributed by atoms with E-state index in [4.69, 9.17) is 10.8 Å². The first-order valence-corrected chi connectivity index (χ1v) is 8.66. The molecule has 0 aliphatic heterocycles. The van der Waals surface area contributed by atoms with Gasteiger partial charge in [-0.1, -0.05) is 0 Å². The smallest absolute Gasteiger partial charge is 0.355 e. The van der Waals surface area contributed by atoms with Gasteiger partial charge in [0.2, 0.25) is 0 Å². The van der Waals surface area contributed by atoms with E-state index in [1.165, 1.54) is 17.8 Å². The second-order valence-electron chi connectivity index (χ2n) is 4.99. The molecular formula is C14H11FN6O3S2. The number of aryl methyl sites for hydroxylation is 1. The van der Waals surface area contributed by atoms with Crippen molar-refractivity contribution in [1.29, 1.82) is 0 Å². The largest absolute Gasteiger partial charge is 0.476 e. The Bertz CT molecular complexity index is 1000. The predicted octanol–water partition coefficient (Wildman–Crippen LogP) is 2.09. The molecular weight excluding hydrogens is 383 g/mol. The number of aromatic carboxylic acids is 1. The molecule has 12 heteroatoms. The van der Waals surface area contributed by atoms with Crippen LogP contribution in [0, 0.1) is 5.82 Å². The molecule has 2 aromatic heterocycles. The summed E-state index contributed by atoms with van der Waals surface area (Å²) < 4.78 is 15.8. The van der Waals surface area contributed by atoms with Gasteiger partial charge in [-0.25, -0.2) is 14.2 Å². The van der Waals surface area contributed by atoms with Gasteiger partial charge in [-0.3, -0.25) is 10.1 Å². The minimum Gasteiger partial charge on any atom is -0.476 e. The summed E-state index contributed by atoms with van der Waals surface area (Å²) in [7, 11) is 1.70. The van der Waals surface area contributed by atoms with E-state index in [9.17, 15) is 14.0 Å². The number of aromatic nitrogens is 4. The van der Waals surface area contributed by atoms with Crippen LogP contribution in [0.2, 0.25) is 0 Å². The van der Waals surface area contributed by atoms with E-state index >= 15 is 0 Å². The summed E-state index contributed by atoms with van der Waals surface area (Å²) >= 11 is 1.94. The van der Waals surface area contributed by atoms with E-state index in [2.05, 4.69) is 20.5 Å². The van der Waals surface area contributed by atoms with Crippen molar-refractivity contribution in [2.75, 3.05) is 11.1 Å². The number of anilines is 2. The van der Waals surface area contributed by atoms with Crippen molar-refractivity contribution in [3.8, 4) is 0 Å². The third-order valence-electron chi connectivity index (χ3n) is 3.16. The lowest BCUT2D eigenvalue weighted by molar-refractivity contribution is 0.0691. The molecule has 3 rings (SSSR count). The molecule has 0 bridgehead atoms. The van der Waals surface area contributed by atoms with Crippen molar-refractivity contribution in [3.05, 3.63) is 40.9 Å². The third-order valence-corrected chi connectivity index (χ3v) is 5.01. The van der Waals surface area contributed by atoms with Crippen LogP contribution in [0.1, 0.15) is 20.8 Å². The molecule has 26 heavy (non-hydrogen) atoms. The fourth-order valence-corrected chi connectivity index (χ4v) is 3.39. The zero-order chi connectivity index (χ0) is 18.8. The normalized spacial score (nSPS) is 10.7. The Morgan fingerprint density at radius 2 is 2.19 bits per heavy atom. The van der Waals surface area contributed by atoms with Gasteiger partial charge in [0, 0.05) is 18.1 Å². The molecule has 9 nitrogen and oxygen atoms in total. The van der Waals surface area contributed by atoms with Crippen LogP contribution < -0.4 is 11.1 Å². The number of nitrogens with two attached hydrogens (primary N) is 1. The molecule has 4 N–H and O–H groups in total. The number of rotatable bonds is 5. The van der Waals surface area contributed by atoms with Crippen LogP contribution in [0.4, 0.5) is 15.2 Å². The number of benzene rings is 1. The Morgan fingerprint density at radius 1 is 1.42 bits per heavy atom. The lowest BCUT2D eigenvalue weighted by atomic mass is 10.1. The van der Waals surface area contributed by atoms with Gasteiger partial charge >= 0.3 is 5.97 Å². The monoisotopic (exact) mass is 394 g/mol. The Labute approximate surface area is 154 Å². The molecule has 0 saturated carbocycles. The number of carboxylic acid groups (broad SMARTS) is 1. The van der Waals surface area contributed by atoms with E-state index in [1.807, 2.05) is 0 Å². The molecule has 0 fully saturated rings. The predicted molar refractivity (Wildman–Crippen MR) is 93.0 cm³/mol. The second kappa shape index (κ2) is 7.09. The van der Waals surface area contributed by atoms with Crippen molar-refractivity contribution in [2.24, 2.45) is 7.05 Å². The van der Waals surface area contributed by atoms with E-state index in [-0.39, 0.29) is 27.0 Å². The SMILES string of the molecule is Cn1cnnc1Sc1cc(C(=O)Nc2nc(C(=O)O)cs2)c(N)cc1F. The summed E-state index contributed by atoms with van der Waals surface area (Å²) in [4.78, 5) is 27.2. The summed E-state index contributed by atoms with van der Waals surface area (Å²) in [6.07, 6.45) is 1.47. The number of carboxylic acids is 1. The second-order valence-corrected chi connectivity index (χ2v) is 6.86. The van der Waals surface area contributed by atoms with Gasteiger partial charge in [0.25, 0.3) is 5.91 Å². The highest BCUT2D eigenvalue weighted by molar-refractivity contribution is 7.99.